The molecule has 0 radical (unpaired) electrons. The minimum Gasteiger partial charge on any atom is -0.314 e. The number of hydrogen-bond acceptors (Lipinski definition) is 1. The first-order valence-corrected chi connectivity index (χ1v) is 7.82. The number of allylic oxidation sites excluding steroid dienone is 1. The molecule has 0 aliphatic heterocycles. The molecule has 0 spiro atoms. The van der Waals surface area contributed by atoms with Crippen molar-refractivity contribution in [2.45, 2.75) is 51.5 Å². The van der Waals surface area contributed by atoms with Crippen molar-refractivity contribution < 1.29 is 0 Å². The second kappa shape index (κ2) is 7.72. The van der Waals surface area contributed by atoms with Crippen LogP contribution in [0.3, 0.4) is 0 Å². The molecular weight excluding hydrogens is 254 g/mol. The van der Waals surface area contributed by atoms with Crippen molar-refractivity contribution in [1.29, 1.82) is 0 Å². The normalized spacial score (nSPS) is 17.1. The summed E-state index contributed by atoms with van der Waals surface area (Å²) in [5.41, 5.74) is 2.88. The van der Waals surface area contributed by atoms with Gasteiger partial charge in [0, 0.05) is 11.1 Å². The van der Waals surface area contributed by atoms with E-state index >= 15 is 0 Å². The van der Waals surface area contributed by atoms with Crippen LogP contribution in [0, 0.1) is 0 Å². The average molecular weight is 278 g/mol. The van der Waals surface area contributed by atoms with Gasteiger partial charge in [0.1, 0.15) is 0 Å². The molecule has 2 heteroatoms. The Morgan fingerprint density at radius 1 is 1.21 bits per heavy atom. The molecule has 0 fully saturated rings. The third-order valence-corrected chi connectivity index (χ3v) is 4.18. The Kier molecular flexibility index (Phi) is 5.93. The van der Waals surface area contributed by atoms with Gasteiger partial charge in [0.25, 0.3) is 0 Å². The monoisotopic (exact) mass is 277 g/mol. The maximum absolute atomic E-state index is 6.27. The van der Waals surface area contributed by atoms with E-state index in [1.165, 1.54) is 37.7 Å². The lowest BCUT2D eigenvalue weighted by Gasteiger charge is -2.22. The van der Waals surface area contributed by atoms with Gasteiger partial charge in [0.15, 0.2) is 0 Å². The molecule has 1 aliphatic carbocycles. The van der Waals surface area contributed by atoms with Gasteiger partial charge in [-0.25, -0.2) is 0 Å². The number of rotatable bonds is 6. The van der Waals surface area contributed by atoms with Crippen molar-refractivity contribution in [2.75, 3.05) is 6.54 Å². The highest BCUT2D eigenvalue weighted by atomic mass is 35.5. The summed E-state index contributed by atoms with van der Waals surface area (Å²) in [6.45, 7) is 3.19. The van der Waals surface area contributed by atoms with Gasteiger partial charge in [-0.1, -0.05) is 48.4 Å². The quantitative estimate of drug-likeness (QED) is 0.740. The second-order valence-electron chi connectivity index (χ2n) is 5.36. The first kappa shape index (κ1) is 14.6. The smallest absolute Gasteiger partial charge is 0.0438 e. The van der Waals surface area contributed by atoms with Crippen LogP contribution >= 0.6 is 11.6 Å². The molecule has 1 atom stereocenters. The van der Waals surface area contributed by atoms with Crippen LogP contribution in [0.15, 0.2) is 35.9 Å². The molecule has 0 saturated carbocycles. The van der Waals surface area contributed by atoms with E-state index in [0.717, 1.165) is 18.0 Å². The summed E-state index contributed by atoms with van der Waals surface area (Å²) in [5.74, 6) is 0. The Labute approximate surface area is 122 Å². The number of likely N-dealkylation sites (N-methyl/N-ethyl adjacent to an activating group) is 1. The van der Waals surface area contributed by atoms with Gasteiger partial charge in [-0.15, -0.1) is 0 Å². The molecule has 1 N–H and O–H groups in total. The van der Waals surface area contributed by atoms with Gasteiger partial charge in [-0.3, -0.25) is 0 Å². The molecule has 1 aliphatic rings. The van der Waals surface area contributed by atoms with Crippen LogP contribution in [0.4, 0.5) is 0 Å². The van der Waals surface area contributed by atoms with E-state index in [0.29, 0.717) is 6.04 Å². The minimum atomic E-state index is 0.509. The number of benzene rings is 1. The van der Waals surface area contributed by atoms with Crippen LogP contribution in [0.25, 0.3) is 0 Å². The van der Waals surface area contributed by atoms with Gasteiger partial charge in [0.05, 0.1) is 0 Å². The van der Waals surface area contributed by atoms with Crippen LogP contribution in [0.2, 0.25) is 5.02 Å². The highest BCUT2D eigenvalue weighted by Gasteiger charge is 2.14. The molecule has 1 nitrogen and oxygen atoms in total. The lowest BCUT2D eigenvalue weighted by Crippen LogP contribution is -2.31. The lowest BCUT2D eigenvalue weighted by atomic mass is 9.92. The lowest BCUT2D eigenvalue weighted by molar-refractivity contribution is 0.504. The third kappa shape index (κ3) is 4.67. The van der Waals surface area contributed by atoms with E-state index in [-0.39, 0.29) is 0 Å². The number of nitrogens with one attached hydrogen (secondary N) is 1. The number of hydrogen-bond donors (Lipinski definition) is 1. The molecule has 0 bridgehead atoms. The van der Waals surface area contributed by atoms with E-state index in [1.54, 1.807) is 5.57 Å². The maximum Gasteiger partial charge on any atom is 0.0438 e. The van der Waals surface area contributed by atoms with E-state index in [9.17, 15) is 0 Å². The summed E-state index contributed by atoms with van der Waals surface area (Å²) in [7, 11) is 0. The summed E-state index contributed by atoms with van der Waals surface area (Å²) in [4.78, 5) is 0. The summed E-state index contributed by atoms with van der Waals surface area (Å²) < 4.78 is 0. The fourth-order valence-corrected chi connectivity index (χ4v) is 3.05. The highest BCUT2D eigenvalue weighted by molar-refractivity contribution is 6.31. The fourth-order valence-electron chi connectivity index (χ4n) is 2.84. The van der Waals surface area contributed by atoms with Crippen molar-refractivity contribution in [3.8, 4) is 0 Å². The standard InChI is InChI=1S/C17H24ClN/c1-2-19-16(12-14-8-4-3-5-9-14)13-15-10-6-7-11-17(15)18/h6-8,10-11,16,19H,2-5,9,12-13H2,1H3. The highest BCUT2D eigenvalue weighted by Crippen LogP contribution is 2.24. The largest absolute Gasteiger partial charge is 0.314 e. The zero-order chi connectivity index (χ0) is 13.5. The molecule has 0 saturated heterocycles. The summed E-state index contributed by atoms with van der Waals surface area (Å²) in [5, 5.41) is 4.50. The van der Waals surface area contributed by atoms with Gasteiger partial charge in [0.2, 0.25) is 0 Å². The molecule has 1 aromatic rings. The van der Waals surface area contributed by atoms with Crippen LogP contribution in [-0.2, 0) is 6.42 Å². The van der Waals surface area contributed by atoms with Crippen LogP contribution < -0.4 is 5.32 Å². The molecule has 0 heterocycles. The van der Waals surface area contributed by atoms with E-state index in [1.807, 2.05) is 12.1 Å². The fraction of sp³-hybridized carbons (Fsp3) is 0.529. The minimum absolute atomic E-state index is 0.509. The molecule has 19 heavy (non-hydrogen) atoms. The van der Waals surface area contributed by atoms with Gasteiger partial charge in [-0.05, 0) is 56.7 Å². The Morgan fingerprint density at radius 2 is 2.05 bits per heavy atom. The second-order valence-corrected chi connectivity index (χ2v) is 5.77. The zero-order valence-corrected chi connectivity index (χ0v) is 12.5. The number of halogens is 1. The Morgan fingerprint density at radius 3 is 2.74 bits per heavy atom. The van der Waals surface area contributed by atoms with Crippen molar-refractivity contribution in [2.24, 2.45) is 0 Å². The van der Waals surface area contributed by atoms with E-state index in [4.69, 9.17) is 11.6 Å². The van der Waals surface area contributed by atoms with Gasteiger partial charge >= 0.3 is 0 Å². The van der Waals surface area contributed by atoms with Crippen molar-refractivity contribution in [3.05, 3.63) is 46.5 Å². The summed E-state index contributed by atoms with van der Waals surface area (Å²) in [6, 6.07) is 8.71. The molecule has 2 rings (SSSR count). The Balaban J connectivity index is 1.99. The predicted molar refractivity (Wildman–Crippen MR) is 83.8 cm³/mol. The first-order chi connectivity index (χ1) is 9.29. The zero-order valence-electron chi connectivity index (χ0n) is 11.8. The first-order valence-electron chi connectivity index (χ1n) is 7.44. The molecular formula is C17H24ClN. The van der Waals surface area contributed by atoms with Crippen LogP contribution in [0.5, 0.6) is 0 Å². The van der Waals surface area contributed by atoms with Crippen LogP contribution in [0.1, 0.15) is 44.6 Å². The predicted octanol–water partition coefficient (Wildman–Crippen LogP) is 4.75. The third-order valence-electron chi connectivity index (χ3n) is 3.81. The Hall–Kier alpha value is -0.790. The SMILES string of the molecule is CCNC(CC1=CCCCC1)Cc1ccccc1Cl. The molecule has 0 aromatic heterocycles. The van der Waals surface area contributed by atoms with Crippen molar-refractivity contribution >= 4 is 11.6 Å². The topological polar surface area (TPSA) is 12.0 Å². The maximum atomic E-state index is 6.27. The average Bonchev–Trinajstić information content (AvgIpc) is 2.43. The molecule has 0 amide bonds. The van der Waals surface area contributed by atoms with Crippen molar-refractivity contribution in [1.82, 2.24) is 5.32 Å². The van der Waals surface area contributed by atoms with Gasteiger partial charge in [-0.2, -0.15) is 0 Å². The molecule has 1 aromatic carbocycles. The summed E-state index contributed by atoms with van der Waals surface area (Å²) >= 11 is 6.27. The van der Waals surface area contributed by atoms with E-state index in [2.05, 4.69) is 30.4 Å². The molecule has 1 unspecified atom stereocenters. The van der Waals surface area contributed by atoms with Gasteiger partial charge < -0.3 is 5.32 Å². The van der Waals surface area contributed by atoms with Crippen LogP contribution in [-0.4, -0.2) is 12.6 Å². The molecule has 104 valence electrons. The van der Waals surface area contributed by atoms with E-state index < -0.39 is 0 Å². The summed E-state index contributed by atoms with van der Waals surface area (Å²) in [6.07, 6.45) is 9.89. The Bertz CT molecular complexity index is 425. The van der Waals surface area contributed by atoms with Crippen molar-refractivity contribution in [3.63, 3.8) is 0 Å².